The van der Waals surface area contributed by atoms with Crippen LogP contribution in [0.25, 0.3) is 0 Å². The van der Waals surface area contributed by atoms with E-state index in [4.69, 9.17) is 14.2 Å². The van der Waals surface area contributed by atoms with Gasteiger partial charge in [-0.1, -0.05) is 251 Å². The van der Waals surface area contributed by atoms with Crippen molar-refractivity contribution in [2.75, 3.05) is 13.2 Å². The Morgan fingerprint density at radius 3 is 0.820 bits per heavy atom. The summed E-state index contributed by atoms with van der Waals surface area (Å²) in [5.74, 6) is -0.855. The minimum atomic E-state index is -0.766. The summed E-state index contributed by atoms with van der Waals surface area (Å²) < 4.78 is 16.8. The van der Waals surface area contributed by atoms with Gasteiger partial charge >= 0.3 is 17.9 Å². The molecule has 0 aromatic heterocycles. The number of unbranched alkanes of at least 4 members (excludes halogenated alkanes) is 37. The predicted molar refractivity (Wildman–Crippen MR) is 261 cm³/mol. The van der Waals surface area contributed by atoms with Gasteiger partial charge in [0, 0.05) is 19.3 Å². The van der Waals surface area contributed by atoms with Gasteiger partial charge in [-0.3, -0.25) is 14.4 Å². The van der Waals surface area contributed by atoms with Crippen molar-refractivity contribution in [3.63, 3.8) is 0 Å². The van der Waals surface area contributed by atoms with Crippen LogP contribution in [0.15, 0.2) is 12.2 Å². The van der Waals surface area contributed by atoms with Crippen molar-refractivity contribution in [2.45, 2.75) is 309 Å². The molecule has 0 amide bonds. The zero-order valence-electron chi connectivity index (χ0n) is 41.2. The molecule has 0 radical (unpaired) electrons. The first-order valence-electron chi connectivity index (χ1n) is 27.2. The number of ether oxygens (including phenoxy) is 3. The van der Waals surface area contributed by atoms with Crippen LogP contribution in [0.1, 0.15) is 303 Å². The van der Waals surface area contributed by atoms with Crippen molar-refractivity contribution >= 4 is 17.9 Å². The van der Waals surface area contributed by atoms with Gasteiger partial charge in [-0.2, -0.15) is 0 Å². The van der Waals surface area contributed by atoms with Crippen LogP contribution in [-0.4, -0.2) is 37.2 Å². The largest absolute Gasteiger partial charge is 0.462 e. The Labute approximate surface area is 380 Å². The van der Waals surface area contributed by atoms with E-state index in [9.17, 15) is 14.4 Å². The van der Waals surface area contributed by atoms with Gasteiger partial charge in [-0.25, -0.2) is 0 Å². The molecule has 0 aliphatic rings. The quantitative estimate of drug-likeness (QED) is 0.0262. The number of hydrogen-bond donors (Lipinski definition) is 0. The van der Waals surface area contributed by atoms with Crippen molar-refractivity contribution in [2.24, 2.45) is 0 Å². The molecule has 0 aromatic carbocycles. The number of esters is 3. The van der Waals surface area contributed by atoms with Gasteiger partial charge in [0.05, 0.1) is 0 Å². The lowest BCUT2D eigenvalue weighted by Crippen LogP contribution is -2.30. The summed E-state index contributed by atoms with van der Waals surface area (Å²) in [6, 6.07) is 0. The minimum absolute atomic E-state index is 0.0669. The zero-order valence-corrected chi connectivity index (χ0v) is 41.2. The first-order chi connectivity index (χ1) is 30.0. The molecule has 0 spiro atoms. The Bertz CT molecular complexity index is 947. The van der Waals surface area contributed by atoms with Gasteiger partial charge < -0.3 is 14.2 Å². The summed E-state index contributed by atoms with van der Waals surface area (Å²) in [6.45, 7) is 6.67. The molecule has 0 saturated heterocycles. The van der Waals surface area contributed by atoms with E-state index < -0.39 is 6.10 Å². The van der Waals surface area contributed by atoms with E-state index in [1.165, 1.54) is 199 Å². The van der Waals surface area contributed by atoms with Crippen LogP contribution in [-0.2, 0) is 28.6 Å². The first kappa shape index (κ1) is 59.1. The summed E-state index contributed by atoms with van der Waals surface area (Å²) in [5.41, 5.74) is 0. The second kappa shape index (κ2) is 50.8. The summed E-state index contributed by atoms with van der Waals surface area (Å²) in [6.07, 6.45) is 56.2. The van der Waals surface area contributed by atoms with Crippen molar-refractivity contribution in [3.05, 3.63) is 12.2 Å². The lowest BCUT2D eigenvalue weighted by Gasteiger charge is -2.18. The highest BCUT2D eigenvalue weighted by atomic mass is 16.6. The van der Waals surface area contributed by atoms with E-state index in [2.05, 4.69) is 32.9 Å². The van der Waals surface area contributed by atoms with Gasteiger partial charge in [0.15, 0.2) is 6.10 Å². The van der Waals surface area contributed by atoms with Gasteiger partial charge in [0.1, 0.15) is 13.2 Å². The fraction of sp³-hybridized carbons (Fsp3) is 0.909. The Hall–Kier alpha value is -1.85. The third-order valence-electron chi connectivity index (χ3n) is 12.3. The maximum atomic E-state index is 12.8. The molecule has 0 fully saturated rings. The van der Waals surface area contributed by atoms with Crippen LogP contribution in [0, 0.1) is 0 Å². The molecular formula is C55H104O6. The number of hydrogen-bond acceptors (Lipinski definition) is 6. The summed E-state index contributed by atoms with van der Waals surface area (Å²) in [7, 11) is 0. The maximum absolute atomic E-state index is 12.8. The fourth-order valence-corrected chi connectivity index (χ4v) is 8.14. The molecule has 1 atom stereocenters. The molecular weight excluding hydrogens is 757 g/mol. The van der Waals surface area contributed by atoms with E-state index in [0.29, 0.717) is 19.3 Å². The molecule has 0 bridgehead atoms. The average molecular weight is 861 g/mol. The zero-order chi connectivity index (χ0) is 44.4. The molecule has 0 rings (SSSR count). The first-order valence-corrected chi connectivity index (χ1v) is 27.2. The van der Waals surface area contributed by atoms with E-state index in [-0.39, 0.29) is 31.1 Å². The molecule has 6 heteroatoms. The smallest absolute Gasteiger partial charge is 0.306 e. The van der Waals surface area contributed by atoms with Crippen LogP contribution < -0.4 is 0 Å². The Morgan fingerprint density at radius 1 is 0.311 bits per heavy atom. The average Bonchev–Trinajstić information content (AvgIpc) is 3.26. The summed E-state index contributed by atoms with van der Waals surface area (Å²) in [5, 5.41) is 0. The van der Waals surface area contributed by atoms with E-state index >= 15 is 0 Å². The molecule has 0 heterocycles. The fourth-order valence-electron chi connectivity index (χ4n) is 8.14. The number of carbonyl (C=O) groups is 3. The summed E-state index contributed by atoms with van der Waals surface area (Å²) >= 11 is 0. The standard InChI is InChI=1S/C55H104O6/c1-4-7-10-13-16-19-22-25-28-31-33-36-39-42-45-48-54(57)60-51-52(61-55(58)49-46-43-40-37-34-30-27-24-21-18-15-12-9-6-3)50-59-53(56)47-44-41-38-35-32-29-26-23-20-17-14-11-8-5-2/h25,28,52H,4-24,26-27,29-51H2,1-3H3/b28-25-. The third kappa shape index (κ3) is 49.0. The van der Waals surface area contributed by atoms with E-state index in [0.717, 1.165) is 64.2 Å². The third-order valence-corrected chi connectivity index (χ3v) is 12.3. The molecule has 360 valence electrons. The highest BCUT2D eigenvalue weighted by Crippen LogP contribution is 2.16. The van der Waals surface area contributed by atoms with Crippen molar-refractivity contribution in [1.82, 2.24) is 0 Å². The van der Waals surface area contributed by atoms with Crippen molar-refractivity contribution < 1.29 is 28.6 Å². The minimum Gasteiger partial charge on any atom is -0.462 e. The Balaban J connectivity index is 4.33. The lowest BCUT2D eigenvalue weighted by atomic mass is 10.0. The second-order valence-corrected chi connectivity index (χ2v) is 18.5. The van der Waals surface area contributed by atoms with Crippen molar-refractivity contribution in [3.8, 4) is 0 Å². The molecule has 0 saturated carbocycles. The summed E-state index contributed by atoms with van der Waals surface area (Å²) in [4.78, 5) is 38.0. The van der Waals surface area contributed by atoms with Gasteiger partial charge in [0.2, 0.25) is 0 Å². The molecule has 1 unspecified atom stereocenters. The SMILES string of the molecule is CCCCCCCC/C=C\CCCCCCCC(=O)OCC(COC(=O)CCCCCCCCCCCCCCCC)OC(=O)CCCCCCCCCCCCCCCC. The number of allylic oxidation sites excluding steroid dienone is 2. The van der Waals surface area contributed by atoms with Crippen LogP contribution in [0.4, 0.5) is 0 Å². The molecule has 0 N–H and O–H groups in total. The van der Waals surface area contributed by atoms with Gasteiger partial charge in [-0.15, -0.1) is 0 Å². The van der Waals surface area contributed by atoms with Crippen LogP contribution in [0.2, 0.25) is 0 Å². The second-order valence-electron chi connectivity index (χ2n) is 18.5. The molecule has 0 aliphatic heterocycles. The maximum Gasteiger partial charge on any atom is 0.306 e. The Morgan fingerprint density at radius 2 is 0.541 bits per heavy atom. The normalized spacial score (nSPS) is 12.0. The molecule has 6 nitrogen and oxygen atoms in total. The van der Waals surface area contributed by atoms with Crippen LogP contribution in [0.3, 0.4) is 0 Å². The van der Waals surface area contributed by atoms with Crippen molar-refractivity contribution in [1.29, 1.82) is 0 Å². The predicted octanol–water partition coefficient (Wildman–Crippen LogP) is 17.8. The van der Waals surface area contributed by atoms with Gasteiger partial charge in [0.25, 0.3) is 0 Å². The number of rotatable bonds is 50. The van der Waals surface area contributed by atoms with E-state index in [1.807, 2.05) is 0 Å². The number of carbonyl (C=O) groups excluding carboxylic acids is 3. The van der Waals surface area contributed by atoms with E-state index in [1.54, 1.807) is 0 Å². The molecule has 61 heavy (non-hydrogen) atoms. The molecule has 0 aromatic rings. The Kier molecular flexibility index (Phi) is 49.3. The topological polar surface area (TPSA) is 78.9 Å². The highest BCUT2D eigenvalue weighted by molar-refractivity contribution is 5.71. The highest BCUT2D eigenvalue weighted by Gasteiger charge is 2.19. The monoisotopic (exact) mass is 861 g/mol. The van der Waals surface area contributed by atoms with Crippen LogP contribution >= 0.6 is 0 Å². The lowest BCUT2D eigenvalue weighted by molar-refractivity contribution is -0.167. The van der Waals surface area contributed by atoms with Crippen LogP contribution in [0.5, 0.6) is 0 Å². The van der Waals surface area contributed by atoms with Gasteiger partial charge in [-0.05, 0) is 44.9 Å². The molecule has 0 aliphatic carbocycles.